The fourth-order valence-electron chi connectivity index (χ4n) is 2.87. The monoisotopic (exact) mass is 276 g/mol. The van der Waals surface area contributed by atoms with Gasteiger partial charge in [-0.05, 0) is 31.9 Å². The molecule has 1 aliphatic rings. The molecule has 1 aromatic rings. The largest absolute Gasteiger partial charge is 0.465 e. The summed E-state index contributed by atoms with van der Waals surface area (Å²) in [4.78, 5) is 14.2. The Morgan fingerprint density at radius 3 is 2.85 bits per heavy atom. The van der Waals surface area contributed by atoms with Crippen molar-refractivity contribution in [2.24, 2.45) is 5.73 Å². The second kappa shape index (κ2) is 7.41. The van der Waals surface area contributed by atoms with Crippen LogP contribution in [0.1, 0.15) is 31.2 Å². The first-order chi connectivity index (χ1) is 9.76. The van der Waals surface area contributed by atoms with Gasteiger partial charge in [0, 0.05) is 19.0 Å². The third-order valence-corrected chi connectivity index (χ3v) is 3.93. The number of carbonyl (C=O) groups excluding carboxylic acids is 1. The molecule has 0 spiro atoms. The summed E-state index contributed by atoms with van der Waals surface area (Å²) in [5.74, 6) is 0.181. The summed E-state index contributed by atoms with van der Waals surface area (Å²) in [6, 6.07) is 10.2. The van der Waals surface area contributed by atoms with E-state index in [0.29, 0.717) is 13.2 Å². The van der Waals surface area contributed by atoms with Crippen LogP contribution in [0.5, 0.6) is 0 Å². The van der Waals surface area contributed by atoms with Crippen LogP contribution in [0, 0.1) is 0 Å². The Bertz CT molecular complexity index is 422. The molecule has 0 amide bonds. The van der Waals surface area contributed by atoms with Gasteiger partial charge in [-0.15, -0.1) is 0 Å². The van der Waals surface area contributed by atoms with Gasteiger partial charge in [-0.25, -0.2) is 0 Å². The summed E-state index contributed by atoms with van der Waals surface area (Å²) in [5, 5.41) is 0. The summed E-state index contributed by atoms with van der Waals surface area (Å²) in [7, 11) is 0. The van der Waals surface area contributed by atoms with Crippen LogP contribution in [0.3, 0.4) is 0 Å². The Balaban J connectivity index is 2.01. The maximum absolute atomic E-state index is 12.0. The van der Waals surface area contributed by atoms with Crippen molar-refractivity contribution >= 4 is 5.97 Å². The van der Waals surface area contributed by atoms with Crippen LogP contribution in [0.2, 0.25) is 0 Å². The zero-order chi connectivity index (χ0) is 14.4. The van der Waals surface area contributed by atoms with E-state index < -0.39 is 0 Å². The number of ether oxygens (including phenoxy) is 1. The molecule has 0 bridgehead atoms. The lowest BCUT2D eigenvalue weighted by Gasteiger charge is -2.27. The van der Waals surface area contributed by atoms with Gasteiger partial charge in [0.1, 0.15) is 6.04 Å². The minimum atomic E-state index is -0.0901. The first-order valence-corrected chi connectivity index (χ1v) is 7.42. The molecule has 1 aromatic carbocycles. The maximum atomic E-state index is 12.0. The van der Waals surface area contributed by atoms with Gasteiger partial charge in [0.2, 0.25) is 0 Å². The van der Waals surface area contributed by atoms with E-state index in [2.05, 4.69) is 17.0 Å². The molecular formula is C16H24N2O2. The molecule has 4 nitrogen and oxygen atoms in total. The number of hydrogen-bond donors (Lipinski definition) is 1. The van der Waals surface area contributed by atoms with E-state index in [1.54, 1.807) is 0 Å². The van der Waals surface area contributed by atoms with Crippen LogP contribution in [0.4, 0.5) is 0 Å². The highest BCUT2D eigenvalue weighted by molar-refractivity contribution is 5.76. The number of nitrogens with zero attached hydrogens (tertiary/aromatic N) is 1. The van der Waals surface area contributed by atoms with E-state index in [0.717, 1.165) is 25.9 Å². The summed E-state index contributed by atoms with van der Waals surface area (Å²) in [6.07, 6.45) is 1.94. The van der Waals surface area contributed by atoms with Gasteiger partial charge in [0.15, 0.2) is 0 Å². The first kappa shape index (κ1) is 15.0. The van der Waals surface area contributed by atoms with Crippen LogP contribution in [0.25, 0.3) is 0 Å². The SMILES string of the molecule is CCOC(=O)C1CCCN1CC(CN)c1ccccc1. The molecule has 2 unspecified atom stereocenters. The number of likely N-dealkylation sites (tertiary alicyclic amines) is 1. The number of benzene rings is 1. The molecule has 110 valence electrons. The van der Waals surface area contributed by atoms with Crippen molar-refractivity contribution in [3.05, 3.63) is 35.9 Å². The van der Waals surface area contributed by atoms with Crippen LogP contribution >= 0.6 is 0 Å². The fraction of sp³-hybridized carbons (Fsp3) is 0.562. The van der Waals surface area contributed by atoms with Crippen molar-refractivity contribution in [2.75, 3.05) is 26.2 Å². The van der Waals surface area contributed by atoms with E-state index in [1.165, 1.54) is 5.56 Å². The van der Waals surface area contributed by atoms with E-state index in [-0.39, 0.29) is 17.9 Å². The molecule has 1 fully saturated rings. The predicted octanol–water partition coefficient (Wildman–Crippen LogP) is 1.76. The van der Waals surface area contributed by atoms with Crippen LogP contribution in [-0.2, 0) is 9.53 Å². The highest BCUT2D eigenvalue weighted by Crippen LogP contribution is 2.23. The second-order valence-corrected chi connectivity index (χ2v) is 5.25. The molecule has 1 saturated heterocycles. The standard InChI is InChI=1S/C16H24N2O2/c1-2-20-16(19)15-9-6-10-18(15)12-14(11-17)13-7-4-3-5-8-13/h3-5,7-8,14-15H,2,6,9-12,17H2,1H3. The average Bonchev–Trinajstić information content (AvgIpc) is 2.94. The molecule has 1 aliphatic heterocycles. The normalized spacial score (nSPS) is 20.8. The third-order valence-electron chi connectivity index (χ3n) is 3.93. The zero-order valence-electron chi connectivity index (χ0n) is 12.1. The number of rotatable bonds is 6. The molecule has 0 aliphatic carbocycles. The van der Waals surface area contributed by atoms with E-state index in [1.807, 2.05) is 25.1 Å². The summed E-state index contributed by atoms with van der Waals surface area (Å²) < 4.78 is 5.17. The van der Waals surface area contributed by atoms with Crippen LogP contribution in [-0.4, -0.2) is 43.2 Å². The van der Waals surface area contributed by atoms with E-state index in [9.17, 15) is 4.79 Å². The van der Waals surface area contributed by atoms with Gasteiger partial charge >= 0.3 is 5.97 Å². The highest BCUT2D eigenvalue weighted by Gasteiger charge is 2.33. The summed E-state index contributed by atoms with van der Waals surface area (Å²) >= 11 is 0. The van der Waals surface area contributed by atoms with E-state index in [4.69, 9.17) is 10.5 Å². The molecule has 0 radical (unpaired) electrons. The Labute approximate surface area is 120 Å². The Morgan fingerprint density at radius 2 is 2.20 bits per heavy atom. The summed E-state index contributed by atoms with van der Waals surface area (Å²) in [5.41, 5.74) is 7.16. The smallest absolute Gasteiger partial charge is 0.323 e. The third kappa shape index (κ3) is 3.58. The van der Waals surface area contributed by atoms with Gasteiger partial charge in [0.25, 0.3) is 0 Å². The number of esters is 1. The lowest BCUT2D eigenvalue weighted by Crippen LogP contribution is -2.40. The van der Waals surface area contributed by atoms with Gasteiger partial charge < -0.3 is 10.5 Å². The molecule has 0 aromatic heterocycles. The van der Waals surface area contributed by atoms with Crippen LogP contribution < -0.4 is 5.73 Å². The molecule has 20 heavy (non-hydrogen) atoms. The van der Waals surface area contributed by atoms with Crippen LogP contribution in [0.15, 0.2) is 30.3 Å². The van der Waals surface area contributed by atoms with Crippen molar-refractivity contribution in [1.82, 2.24) is 4.90 Å². The lowest BCUT2D eigenvalue weighted by molar-refractivity contribution is -0.148. The van der Waals surface area contributed by atoms with Crippen molar-refractivity contribution in [3.63, 3.8) is 0 Å². The molecular weight excluding hydrogens is 252 g/mol. The molecule has 1 heterocycles. The summed E-state index contributed by atoms with van der Waals surface area (Å²) in [6.45, 7) is 4.67. The van der Waals surface area contributed by atoms with Gasteiger partial charge in [-0.1, -0.05) is 30.3 Å². The maximum Gasteiger partial charge on any atom is 0.323 e. The average molecular weight is 276 g/mol. The molecule has 4 heteroatoms. The number of carbonyl (C=O) groups is 1. The van der Waals surface area contributed by atoms with Crippen molar-refractivity contribution in [3.8, 4) is 0 Å². The Hall–Kier alpha value is -1.39. The van der Waals surface area contributed by atoms with Crippen molar-refractivity contribution in [1.29, 1.82) is 0 Å². The zero-order valence-corrected chi connectivity index (χ0v) is 12.1. The molecule has 0 saturated carbocycles. The second-order valence-electron chi connectivity index (χ2n) is 5.25. The van der Waals surface area contributed by atoms with Gasteiger partial charge in [-0.2, -0.15) is 0 Å². The first-order valence-electron chi connectivity index (χ1n) is 7.42. The van der Waals surface area contributed by atoms with Crippen molar-refractivity contribution < 1.29 is 9.53 Å². The van der Waals surface area contributed by atoms with E-state index >= 15 is 0 Å². The number of hydrogen-bond acceptors (Lipinski definition) is 4. The predicted molar refractivity (Wildman–Crippen MR) is 79.5 cm³/mol. The topological polar surface area (TPSA) is 55.6 Å². The Morgan fingerprint density at radius 1 is 1.45 bits per heavy atom. The molecule has 2 atom stereocenters. The molecule has 2 rings (SSSR count). The van der Waals surface area contributed by atoms with Gasteiger partial charge in [0.05, 0.1) is 6.61 Å². The number of nitrogens with two attached hydrogens (primary N) is 1. The quantitative estimate of drug-likeness (QED) is 0.804. The minimum Gasteiger partial charge on any atom is -0.465 e. The van der Waals surface area contributed by atoms with Gasteiger partial charge in [-0.3, -0.25) is 9.69 Å². The Kier molecular flexibility index (Phi) is 5.56. The lowest BCUT2D eigenvalue weighted by atomic mass is 9.98. The minimum absolute atomic E-state index is 0.0890. The molecule has 2 N–H and O–H groups in total. The highest BCUT2D eigenvalue weighted by atomic mass is 16.5. The fourth-order valence-corrected chi connectivity index (χ4v) is 2.87. The van der Waals surface area contributed by atoms with Crippen molar-refractivity contribution in [2.45, 2.75) is 31.7 Å².